The SMILES string of the molecule is CC(C)C[C@H](NC(=O)[C@H](CC(C)C)NC(=O)[C@H](Cc1ccccc1)NC(=O)[C@@H](N)CO)C(=O)N[C@@H](CCCN=C(N)N)C(=O)N[C@@H](CC(=O)O)C(N)=O.O=C(O)C(F)(F)F. The van der Waals surface area contributed by atoms with E-state index in [-0.39, 0.29) is 56.4 Å². The van der Waals surface area contributed by atoms with Gasteiger partial charge in [-0.15, -0.1) is 0 Å². The number of guanidine groups is 1. The Kier molecular flexibility index (Phi) is 24.2. The van der Waals surface area contributed by atoms with Gasteiger partial charge >= 0.3 is 18.1 Å². The summed E-state index contributed by atoms with van der Waals surface area (Å²) in [5.41, 5.74) is 22.4. The van der Waals surface area contributed by atoms with E-state index in [9.17, 15) is 51.8 Å². The molecule has 0 aliphatic carbocycles. The van der Waals surface area contributed by atoms with Crippen LogP contribution in [0.4, 0.5) is 13.2 Å². The number of carbonyl (C=O) groups excluding carboxylic acids is 6. The number of alkyl halides is 3. The molecule has 0 aliphatic rings. The summed E-state index contributed by atoms with van der Waals surface area (Å²) in [7, 11) is 0. The molecule has 0 saturated carbocycles. The lowest BCUT2D eigenvalue weighted by molar-refractivity contribution is -0.192. The maximum atomic E-state index is 13.8. The number of carbonyl (C=O) groups is 8. The van der Waals surface area contributed by atoms with Gasteiger partial charge in [0, 0.05) is 13.0 Å². The van der Waals surface area contributed by atoms with Crippen molar-refractivity contribution in [2.45, 2.75) is 109 Å². The van der Waals surface area contributed by atoms with Gasteiger partial charge in [-0.25, -0.2) is 4.79 Å². The molecule has 60 heavy (non-hydrogen) atoms. The Morgan fingerprint density at radius 2 is 1.10 bits per heavy atom. The van der Waals surface area contributed by atoms with Crippen molar-refractivity contribution in [2.75, 3.05) is 13.2 Å². The van der Waals surface area contributed by atoms with Crippen LogP contribution >= 0.6 is 0 Å². The number of carboxylic acid groups (broad SMARTS) is 2. The molecule has 338 valence electrons. The number of benzene rings is 1. The van der Waals surface area contributed by atoms with E-state index in [1.165, 1.54) is 0 Å². The number of nitrogens with zero attached hydrogens (tertiary/aromatic N) is 1. The molecule has 0 saturated heterocycles. The van der Waals surface area contributed by atoms with Crippen LogP contribution in [-0.2, 0) is 44.8 Å². The van der Waals surface area contributed by atoms with Crippen LogP contribution in [0.3, 0.4) is 0 Å². The molecular formula is C36H57F3N10O11. The second-order valence-electron chi connectivity index (χ2n) is 14.3. The van der Waals surface area contributed by atoms with Gasteiger partial charge < -0.3 is 64.8 Å². The van der Waals surface area contributed by atoms with Crippen molar-refractivity contribution in [1.29, 1.82) is 0 Å². The molecule has 1 rings (SSSR count). The first-order valence-corrected chi connectivity index (χ1v) is 18.6. The molecule has 0 unspecified atom stereocenters. The Morgan fingerprint density at radius 1 is 0.683 bits per heavy atom. The molecule has 0 aliphatic heterocycles. The monoisotopic (exact) mass is 862 g/mol. The van der Waals surface area contributed by atoms with Crippen LogP contribution in [0.15, 0.2) is 35.3 Å². The van der Waals surface area contributed by atoms with E-state index in [1.807, 2.05) is 13.8 Å². The number of aliphatic hydroxyl groups is 1. The number of aliphatic hydroxyl groups excluding tert-OH is 1. The van der Waals surface area contributed by atoms with Crippen molar-refractivity contribution >= 4 is 53.3 Å². The van der Waals surface area contributed by atoms with Gasteiger partial charge in [0.2, 0.25) is 35.4 Å². The largest absolute Gasteiger partial charge is 0.490 e. The quantitative estimate of drug-likeness (QED) is 0.0296. The lowest BCUT2D eigenvalue weighted by atomic mass is 9.98. The number of amides is 6. The third kappa shape index (κ3) is 22.8. The second-order valence-corrected chi connectivity index (χ2v) is 14.3. The van der Waals surface area contributed by atoms with E-state index in [4.69, 9.17) is 37.9 Å². The zero-order valence-electron chi connectivity index (χ0n) is 33.7. The maximum Gasteiger partial charge on any atom is 0.490 e. The van der Waals surface area contributed by atoms with E-state index in [0.29, 0.717) is 5.56 Å². The molecule has 0 heterocycles. The summed E-state index contributed by atoms with van der Waals surface area (Å²) >= 11 is 0. The normalized spacial score (nSPS) is 14.1. The number of carboxylic acids is 2. The molecular weight excluding hydrogens is 805 g/mol. The number of nitrogens with two attached hydrogens (primary N) is 4. The Hall–Kier alpha value is -6.04. The Balaban J connectivity index is 0.00000453. The molecule has 21 nitrogen and oxygen atoms in total. The van der Waals surface area contributed by atoms with E-state index < -0.39 is 103 Å². The minimum Gasteiger partial charge on any atom is -0.481 e. The molecule has 6 atom stereocenters. The van der Waals surface area contributed by atoms with Crippen LogP contribution in [0.2, 0.25) is 0 Å². The predicted molar refractivity (Wildman–Crippen MR) is 209 cm³/mol. The molecule has 0 spiro atoms. The molecule has 24 heteroatoms. The maximum absolute atomic E-state index is 13.8. The van der Waals surface area contributed by atoms with Gasteiger partial charge in [0.05, 0.1) is 13.0 Å². The molecule has 6 amide bonds. The number of aliphatic imine (C=N–C) groups is 1. The van der Waals surface area contributed by atoms with Crippen molar-refractivity contribution in [3.05, 3.63) is 35.9 Å². The minimum absolute atomic E-state index is 0.0423. The number of primary amides is 1. The molecule has 1 aromatic carbocycles. The van der Waals surface area contributed by atoms with Gasteiger partial charge in [0.1, 0.15) is 36.3 Å². The van der Waals surface area contributed by atoms with Crippen molar-refractivity contribution in [2.24, 2.45) is 39.8 Å². The predicted octanol–water partition coefficient (Wildman–Crippen LogP) is -2.29. The van der Waals surface area contributed by atoms with Gasteiger partial charge in [0.15, 0.2) is 5.96 Å². The zero-order chi connectivity index (χ0) is 46.3. The molecule has 1 aromatic rings. The van der Waals surface area contributed by atoms with Crippen LogP contribution < -0.4 is 49.5 Å². The van der Waals surface area contributed by atoms with E-state index in [1.54, 1.807) is 44.2 Å². The van der Waals surface area contributed by atoms with E-state index >= 15 is 0 Å². The Bertz CT molecular complexity index is 1630. The Labute approximate surface area is 344 Å². The summed E-state index contributed by atoms with van der Waals surface area (Å²) in [6, 6.07) is 1.05. The fourth-order valence-electron chi connectivity index (χ4n) is 5.09. The van der Waals surface area contributed by atoms with Gasteiger partial charge in [0.25, 0.3) is 0 Å². The van der Waals surface area contributed by atoms with Crippen molar-refractivity contribution < 1.29 is 66.8 Å². The fourth-order valence-corrected chi connectivity index (χ4v) is 5.09. The molecule has 0 radical (unpaired) electrons. The van der Waals surface area contributed by atoms with Crippen molar-refractivity contribution in [1.82, 2.24) is 26.6 Å². The van der Waals surface area contributed by atoms with Crippen LogP contribution in [0, 0.1) is 11.8 Å². The number of halogens is 3. The summed E-state index contributed by atoms with van der Waals surface area (Å²) in [5.74, 6) is -9.58. The molecule has 16 N–H and O–H groups in total. The first-order chi connectivity index (χ1) is 27.8. The third-order valence-corrected chi connectivity index (χ3v) is 7.99. The second kappa shape index (κ2) is 26.9. The smallest absolute Gasteiger partial charge is 0.481 e. The highest BCUT2D eigenvalue weighted by atomic mass is 19.4. The highest BCUT2D eigenvalue weighted by Crippen LogP contribution is 2.14. The molecule has 0 aromatic heterocycles. The minimum atomic E-state index is -5.08. The average Bonchev–Trinajstić information content (AvgIpc) is 3.13. The van der Waals surface area contributed by atoms with E-state index in [0.717, 1.165) is 0 Å². The number of aliphatic carboxylic acids is 2. The lowest BCUT2D eigenvalue weighted by Gasteiger charge is -2.28. The van der Waals surface area contributed by atoms with Crippen LogP contribution in [0.25, 0.3) is 0 Å². The van der Waals surface area contributed by atoms with E-state index in [2.05, 4.69) is 31.6 Å². The van der Waals surface area contributed by atoms with Gasteiger partial charge in [-0.2, -0.15) is 13.2 Å². The zero-order valence-corrected chi connectivity index (χ0v) is 33.7. The first kappa shape index (κ1) is 54.0. The number of rotatable bonds is 24. The first-order valence-electron chi connectivity index (χ1n) is 18.6. The highest BCUT2D eigenvalue weighted by Gasteiger charge is 2.38. The van der Waals surface area contributed by atoms with Gasteiger partial charge in [-0.1, -0.05) is 58.0 Å². The van der Waals surface area contributed by atoms with Crippen molar-refractivity contribution in [3.63, 3.8) is 0 Å². The topological polar surface area (TPSA) is 374 Å². The van der Waals surface area contributed by atoms with Gasteiger partial charge in [-0.05, 0) is 43.1 Å². The summed E-state index contributed by atoms with van der Waals surface area (Å²) in [4.78, 5) is 103. The summed E-state index contributed by atoms with van der Waals surface area (Å²) < 4.78 is 31.7. The van der Waals surface area contributed by atoms with Crippen LogP contribution in [0.5, 0.6) is 0 Å². The lowest BCUT2D eigenvalue weighted by Crippen LogP contribution is -2.60. The molecule has 0 fully saturated rings. The number of nitrogens with one attached hydrogen (secondary N) is 5. The third-order valence-electron chi connectivity index (χ3n) is 7.99. The van der Waals surface area contributed by atoms with Crippen LogP contribution in [0.1, 0.15) is 65.4 Å². The van der Waals surface area contributed by atoms with Crippen LogP contribution in [-0.4, -0.2) is 124 Å². The van der Waals surface area contributed by atoms with Gasteiger partial charge in [-0.3, -0.25) is 38.6 Å². The standard InChI is InChI=1S/C34H56N10O9.C2HF3O2/c1-18(2)13-24(31(51)40-22(11-8-12-39-34(37)38)30(50)41-23(28(36)48)16-27(46)47)43-32(52)25(14-19(3)4)44-33(53)26(42-29(49)21(35)17-45)15-20-9-6-5-7-10-20;3-2(4,5)1(6)7/h5-7,9-10,18-19,21-26,45H,8,11-17,35H2,1-4H3,(H2,36,48)(H,40,51)(H,41,50)(H,42,49)(H,43,52)(H,44,53)(H,46,47)(H4,37,38,39);(H,6,7)/t21-,22-,23-,24-,25-,26-;/m0./s1. The fraction of sp³-hybridized carbons (Fsp3) is 0.583. The van der Waals surface area contributed by atoms with Crippen molar-refractivity contribution in [3.8, 4) is 0 Å². The average molecular weight is 863 g/mol. The summed E-state index contributed by atoms with van der Waals surface area (Å²) in [6.45, 7) is 6.67. The highest BCUT2D eigenvalue weighted by molar-refractivity contribution is 5.97. The Morgan fingerprint density at radius 3 is 1.50 bits per heavy atom. The molecule has 0 bridgehead atoms. The number of hydrogen-bond acceptors (Lipinski definition) is 11. The number of hydrogen-bond donors (Lipinski definition) is 12. The summed E-state index contributed by atoms with van der Waals surface area (Å²) in [5, 5.41) is 38.4. The summed E-state index contributed by atoms with van der Waals surface area (Å²) in [6.07, 6.45) is -5.45.